The van der Waals surface area contributed by atoms with Crippen LogP contribution in [0.1, 0.15) is 24.0 Å². The number of piperazine rings is 1. The number of pyridine rings is 3. The molecule has 3 aromatic heterocycles. The minimum Gasteiger partial charge on any atom is -0.384 e. The van der Waals surface area contributed by atoms with Crippen molar-refractivity contribution in [1.82, 2.24) is 29.7 Å². The van der Waals surface area contributed by atoms with Gasteiger partial charge in [-0.3, -0.25) is 19.9 Å². The Hall–Kier alpha value is -4.14. The molecule has 1 N–H and O–H groups in total. The van der Waals surface area contributed by atoms with E-state index in [-0.39, 0.29) is 0 Å². The third-order valence-corrected chi connectivity index (χ3v) is 9.59. The van der Waals surface area contributed by atoms with Crippen molar-refractivity contribution in [3.8, 4) is 0 Å². The molecule has 240 valence electrons. The molecule has 0 saturated carbocycles. The van der Waals surface area contributed by atoms with Crippen molar-refractivity contribution in [1.29, 1.82) is 0 Å². The quantitative estimate of drug-likeness (QED) is 0.131. The first-order chi connectivity index (χ1) is 23.2. The van der Waals surface area contributed by atoms with Gasteiger partial charge in [-0.2, -0.15) is 0 Å². The van der Waals surface area contributed by atoms with Gasteiger partial charge in [0.15, 0.2) is 0 Å². The lowest BCUT2D eigenvalue weighted by Crippen LogP contribution is -2.47. The number of anilines is 1. The van der Waals surface area contributed by atoms with Gasteiger partial charge in [-0.25, -0.2) is 0 Å². The normalized spacial score (nSPS) is 14.4. The van der Waals surface area contributed by atoms with E-state index in [1.165, 1.54) is 21.9 Å². The molecular weight excluding hydrogens is 602 g/mol. The average Bonchev–Trinajstić information content (AvgIpc) is 3.11. The Balaban J connectivity index is 0.909. The second-order valence-corrected chi connectivity index (χ2v) is 13.0. The van der Waals surface area contributed by atoms with Crippen LogP contribution < -0.4 is 5.32 Å². The first-order valence-corrected chi connectivity index (χ1v) is 17.2. The van der Waals surface area contributed by atoms with Gasteiger partial charge in [-0.15, -0.1) is 0 Å². The zero-order chi connectivity index (χ0) is 31.8. The number of aromatic nitrogens is 3. The summed E-state index contributed by atoms with van der Waals surface area (Å²) in [6.45, 7) is 10.5. The topological polar surface area (TPSA) is 60.4 Å². The molecule has 0 amide bonds. The lowest BCUT2D eigenvalue weighted by molar-refractivity contribution is 0.125. The number of rotatable bonds is 13. The van der Waals surface area contributed by atoms with Gasteiger partial charge in [0.25, 0.3) is 0 Å². The van der Waals surface area contributed by atoms with Crippen LogP contribution in [-0.4, -0.2) is 82.0 Å². The first-order valence-electron chi connectivity index (χ1n) is 16.8. The molecule has 7 rings (SSSR count). The molecule has 47 heavy (non-hydrogen) atoms. The molecular formula is C39H42ClN7. The summed E-state index contributed by atoms with van der Waals surface area (Å²) in [5, 5.41) is 7.93. The largest absolute Gasteiger partial charge is 0.384 e. The molecule has 0 unspecified atom stereocenters. The summed E-state index contributed by atoms with van der Waals surface area (Å²) in [6, 6.07) is 29.3. The lowest BCUT2D eigenvalue weighted by atomic mass is 10.1. The molecule has 8 heteroatoms. The maximum atomic E-state index is 6.16. The molecule has 0 radical (unpaired) electrons. The van der Waals surface area contributed by atoms with Crippen LogP contribution in [0.25, 0.3) is 32.7 Å². The molecule has 1 aliphatic rings. The maximum Gasteiger partial charge on any atom is 0.0737 e. The maximum absolute atomic E-state index is 6.16. The van der Waals surface area contributed by atoms with E-state index in [4.69, 9.17) is 11.6 Å². The van der Waals surface area contributed by atoms with Gasteiger partial charge in [0.2, 0.25) is 0 Å². The van der Waals surface area contributed by atoms with Gasteiger partial charge < -0.3 is 15.1 Å². The van der Waals surface area contributed by atoms with Crippen LogP contribution in [0.15, 0.2) is 104 Å². The van der Waals surface area contributed by atoms with Crippen molar-refractivity contribution >= 4 is 50.0 Å². The number of halogens is 1. The second-order valence-electron chi connectivity index (χ2n) is 12.5. The second kappa shape index (κ2) is 15.2. The van der Waals surface area contributed by atoms with Crippen molar-refractivity contribution in [3.63, 3.8) is 0 Å². The Morgan fingerprint density at radius 1 is 0.617 bits per heavy atom. The van der Waals surface area contributed by atoms with Gasteiger partial charge in [0.05, 0.1) is 16.6 Å². The van der Waals surface area contributed by atoms with Crippen LogP contribution in [0, 0.1) is 0 Å². The third kappa shape index (κ3) is 7.88. The fraction of sp³-hybridized carbons (Fsp3) is 0.308. The van der Waals surface area contributed by atoms with Crippen molar-refractivity contribution < 1.29 is 0 Å². The van der Waals surface area contributed by atoms with Crippen LogP contribution in [0.5, 0.6) is 0 Å². The highest BCUT2D eigenvalue weighted by atomic mass is 35.5. The van der Waals surface area contributed by atoms with Gasteiger partial charge >= 0.3 is 0 Å². The highest BCUT2D eigenvalue weighted by Gasteiger charge is 2.18. The summed E-state index contributed by atoms with van der Waals surface area (Å²) < 4.78 is 0. The summed E-state index contributed by atoms with van der Waals surface area (Å²) in [4.78, 5) is 21.5. The van der Waals surface area contributed by atoms with Gasteiger partial charge in [0, 0.05) is 97.8 Å². The summed E-state index contributed by atoms with van der Waals surface area (Å²) in [5.41, 5.74) is 6.84. The molecule has 0 atom stereocenters. The number of hydrogen-bond acceptors (Lipinski definition) is 7. The van der Waals surface area contributed by atoms with Gasteiger partial charge in [-0.1, -0.05) is 48.0 Å². The Morgan fingerprint density at radius 3 is 1.85 bits per heavy atom. The zero-order valence-corrected chi connectivity index (χ0v) is 27.6. The standard InChI is InChI=1S/C39H42ClN7/c40-32-11-12-35-38(15-19-44-39(35)27-32)41-16-5-20-45-23-25-46(26-24-45)21-6-22-47(28-30-13-17-42-36-9-3-1-7-33(30)36)29-31-14-18-43-37-10-4-2-8-34(31)37/h1-4,7-15,17-19,27H,5-6,16,20-26,28-29H2,(H,41,44). The number of hydrogen-bond donors (Lipinski definition) is 1. The zero-order valence-electron chi connectivity index (χ0n) is 26.9. The Bertz CT molecular complexity index is 1850. The van der Waals surface area contributed by atoms with Gasteiger partial charge in [0.1, 0.15) is 0 Å². The van der Waals surface area contributed by atoms with E-state index >= 15 is 0 Å². The fourth-order valence-corrected chi connectivity index (χ4v) is 7.00. The van der Waals surface area contributed by atoms with Crippen molar-refractivity contribution in [2.75, 3.05) is 57.7 Å². The summed E-state index contributed by atoms with van der Waals surface area (Å²) >= 11 is 6.16. The summed E-state index contributed by atoms with van der Waals surface area (Å²) in [6.07, 6.45) is 8.00. The predicted octanol–water partition coefficient (Wildman–Crippen LogP) is 7.50. The van der Waals surface area contributed by atoms with E-state index in [0.717, 1.165) is 111 Å². The molecule has 1 aliphatic heterocycles. The first kappa shape index (κ1) is 31.5. The summed E-state index contributed by atoms with van der Waals surface area (Å²) in [5.74, 6) is 0. The third-order valence-electron chi connectivity index (χ3n) is 9.35. The number of fused-ring (bicyclic) bond motifs is 3. The minimum absolute atomic E-state index is 0.719. The Kier molecular flexibility index (Phi) is 10.2. The van der Waals surface area contributed by atoms with Crippen LogP contribution in [0.4, 0.5) is 5.69 Å². The molecule has 0 bridgehead atoms. The van der Waals surface area contributed by atoms with Crippen LogP contribution >= 0.6 is 11.6 Å². The molecule has 6 aromatic rings. The smallest absolute Gasteiger partial charge is 0.0737 e. The number of benzene rings is 3. The van der Waals surface area contributed by atoms with Crippen LogP contribution in [0.3, 0.4) is 0 Å². The summed E-state index contributed by atoms with van der Waals surface area (Å²) in [7, 11) is 0. The van der Waals surface area contributed by atoms with E-state index < -0.39 is 0 Å². The monoisotopic (exact) mass is 643 g/mol. The number of nitrogens with one attached hydrogen (secondary N) is 1. The highest BCUT2D eigenvalue weighted by molar-refractivity contribution is 6.31. The van der Waals surface area contributed by atoms with E-state index in [9.17, 15) is 0 Å². The van der Waals surface area contributed by atoms with Crippen LogP contribution in [-0.2, 0) is 13.1 Å². The fourth-order valence-electron chi connectivity index (χ4n) is 6.84. The van der Waals surface area contributed by atoms with E-state index in [1.54, 1.807) is 0 Å². The van der Waals surface area contributed by atoms with E-state index in [1.807, 2.05) is 36.8 Å². The van der Waals surface area contributed by atoms with Crippen LogP contribution in [0.2, 0.25) is 5.02 Å². The van der Waals surface area contributed by atoms with Gasteiger partial charge in [-0.05, 0) is 85.6 Å². The molecule has 1 fully saturated rings. The molecule has 0 spiro atoms. The SMILES string of the molecule is Clc1ccc2c(NCCCN3CCN(CCCN(Cc4ccnc5ccccc45)Cc4ccnc5ccccc45)CC3)ccnc2c1. The Morgan fingerprint density at radius 2 is 1.19 bits per heavy atom. The van der Waals surface area contributed by atoms with Crippen molar-refractivity contribution in [2.45, 2.75) is 25.9 Å². The highest BCUT2D eigenvalue weighted by Crippen LogP contribution is 2.25. The van der Waals surface area contributed by atoms with E-state index in [0.29, 0.717) is 0 Å². The molecule has 1 saturated heterocycles. The molecule has 0 aliphatic carbocycles. The number of para-hydroxylation sites is 2. The Labute approximate surface area is 282 Å². The van der Waals surface area contributed by atoms with Crippen molar-refractivity contribution in [3.05, 3.63) is 120 Å². The average molecular weight is 644 g/mol. The minimum atomic E-state index is 0.719. The molecule has 4 heterocycles. The van der Waals surface area contributed by atoms with Crippen molar-refractivity contribution in [2.24, 2.45) is 0 Å². The van der Waals surface area contributed by atoms with E-state index in [2.05, 4.69) is 102 Å². The lowest BCUT2D eigenvalue weighted by Gasteiger charge is -2.35. The number of nitrogens with zero attached hydrogens (tertiary/aromatic N) is 6. The molecule has 7 nitrogen and oxygen atoms in total. The molecule has 3 aromatic carbocycles. The predicted molar refractivity (Wildman–Crippen MR) is 195 cm³/mol.